The summed E-state index contributed by atoms with van der Waals surface area (Å²) >= 11 is 0. The molecule has 1 aliphatic heterocycles. The Hall–Kier alpha value is -2.59. The summed E-state index contributed by atoms with van der Waals surface area (Å²) in [7, 11) is 0. The quantitative estimate of drug-likeness (QED) is 0.650. The van der Waals surface area contributed by atoms with Gasteiger partial charge in [0.1, 0.15) is 11.9 Å². The predicted octanol–water partition coefficient (Wildman–Crippen LogP) is 4.69. The third-order valence-electron chi connectivity index (χ3n) is 6.58. The van der Waals surface area contributed by atoms with Crippen LogP contribution in [0.2, 0.25) is 0 Å². The number of hydrogen-bond acceptors (Lipinski definition) is 3. The Bertz CT molecular complexity index is 1060. The van der Waals surface area contributed by atoms with Crippen LogP contribution < -0.4 is 10.3 Å². The molecule has 5 rings (SSSR count). The molecule has 2 fully saturated rings. The maximum atomic E-state index is 13.0. The molecule has 0 atom stereocenters. The lowest BCUT2D eigenvalue weighted by atomic mass is 9.90. The molecule has 2 aromatic carbocycles. The Kier molecular flexibility index (Phi) is 4.88. The lowest BCUT2D eigenvalue weighted by molar-refractivity contribution is 0.0493. The van der Waals surface area contributed by atoms with Crippen molar-refractivity contribution in [2.45, 2.75) is 51.2 Å². The zero-order chi connectivity index (χ0) is 19.8. The van der Waals surface area contributed by atoms with Crippen molar-refractivity contribution in [3.63, 3.8) is 0 Å². The highest BCUT2D eigenvalue weighted by Crippen LogP contribution is 2.28. The average molecular weight is 389 g/mol. The van der Waals surface area contributed by atoms with Crippen LogP contribution in [-0.2, 0) is 0 Å². The van der Waals surface area contributed by atoms with E-state index in [9.17, 15) is 4.79 Å². The maximum absolute atomic E-state index is 13.0. The molecule has 2 heterocycles. The lowest BCUT2D eigenvalue weighted by Gasteiger charge is -2.41. The van der Waals surface area contributed by atoms with Crippen LogP contribution in [0.4, 0.5) is 0 Å². The van der Waals surface area contributed by atoms with Gasteiger partial charge >= 0.3 is 0 Å². The molecule has 2 aliphatic rings. The number of piperidine rings is 1. The Morgan fingerprint density at radius 1 is 0.931 bits per heavy atom. The predicted molar refractivity (Wildman–Crippen MR) is 117 cm³/mol. The molecule has 150 valence electrons. The molecule has 29 heavy (non-hydrogen) atoms. The van der Waals surface area contributed by atoms with E-state index >= 15 is 0 Å². The first kappa shape index (κ1) is 18.4. The van der Waals surface area contributed by atoms with E-state index in [0.29, 0.717) is 6.10 Å². The van der Waals surface area contributed by atoms with E-state index in [0.717, 1.165) is 59.9 Å². The van der Waals surface area contributed by atoms with Crippen molar-refractivity contribution in [1.82, 2.24) is 9.47 Å². The number of likely N-dealkylation sites (tertiary alicyclic amines) is 1. The number of hydrogen-bond donors (Lipinski definition) is 0. The number of pyridine rings is 1. The minimum atomic E-state index is 0.0256. The highest BCUT2D eigenvalue weighted by Gasteiger charge is 2.29. The van der Waals surface area contributed by atoms with Crippen LogP contribution in [0.1, 0.15) is 37.8 Å². The molecule has 1 saturated carbocycles. The second kappa shape index (κ2) is 7.68. The van der Waals surface area contributed by atoms with Gasteiger partial charge in [0.15, 0.2) is 0 Å². The molecule has 4 nitrogen and oxygen atoms in total. The van der Waals surface area contributed by atoms with Crippen LogP contribution in [0.15, 0.2) is 59.4 Å². The molecule has 4 heteroatoms. The summed E-state index contributed by atoms with van der Waals surface area (Å²) in [5.74, 6) is 0.891. The van der Waals surface area contributed by atoms with Gasteiger partial charge < -0.3 is 9.64 Å². The number of aryl methyl sites for hydroxylation is 1. The summed E-state index contributed by atoms with van der Waals surface area (Å²) in [5, 5.41) is 1.73. The largest absolute Gasteiger partial charge is 0.490 e. The zero-order valence-corrected chi connectivity index (χ0v) is 17.0. The number of rotatable bonds is 4. The number of ether oxygens (including phenoxy) is 1. The second-order valence-electron chi connectivity index (χ2n) is 8.45. The normalized spacial score (nSPS) is 18.7. The Labute approximate surface area is 171 Å². The summed E-state index contributed by atoms with van der Waals surface area (Å²) < 4.78 is 8.02. The molecular weight excluding hydrogens is 360 g/mol. The zero-order valence-electron chi connectivity index (χ0n) is 17.0. The minimum absolute atomic E-state index is 0.0256. The van der Waals surface area contributed by atoms with Gasteiger partial charge in [-0.3, -0.25) is 9.36 Å². The van der Waals surface area contributed by atoms with Crippen LogP contribution in [0.5, 0.6) is 5.75 Å². The van der Waals surface area contributed by atoms with Gasteiger partial charge in [0.25, 0.3) is 5.56 Å². The molecular formula is C25H28N2O2. The van der Waals surface area contributed by atoms with Crippen LogP contribution in [0, 0.1) is 6.92 Å². The Morgan fingerprint density at radius 3 is 2.34 bits per heavy atom. The van der Waals surface area contributed by atoms with Gasteiger partial charge in [-0.25, -0.2) is 0 Å². The van der Waals surface area contributed by atoms with Crippen molar-refractivity contribution in [3.05, 3.63) is 70.6 Å². The molecule has 0 radical (unpaired) electrons. The van der Waals surface area contributed by atoms with Crippen molar-refractivity contribution in [3.8, 4) is 11.4 Å². The van der Waals surface area contributed by atoms with E-state index < -0.39 is 0 Å². The van der Waals surface area contributed by atoms with E-state index in [-0.39, 0.29) is 5.56 Å². The van der Waals surface area contributed by atoms with E-state index in [4.69, 9.17) is 4.74 Å². The summed E-state index contributed by atoms with van der Waals surface area (Å²) in [6.07, 6.45) is 6.64. The molecule has 0 bridgehead atoms. The van der Waals surface area contributed by atoms with Crippen molar-refractivity contribution < 1.29 is 4.74 Å². The summed E-state index contributed by atoms with van der Waals surface area (Å²) in [5.41, 5.74) is 1.84. The smallest absolute Gasteiger partial charge is 0.263 e. The van der Waals surface area contributed by atoms with E-state index in [1.807, 2.05) is 55.5 Å². The van der Waals surface area contributed by atoms with Crippen LogP contribution in [0.25, 0.3) is 16.5 Å². The van der Waals surface area contributed by atoms with Crippen molar-refractivity contribution >= 4 is 10.8 Å². The highest BCUT2D eigenvalue weighted by atomic mass is 16.5. The monoisotopic (exact) mass is 388 g/mol. The Morgan fingerprint density at radius 2 is 1.66 bits per heavy atom. The van der Waals surface area contributed by atoms with Crippen molar-refractivity contribution in [1.29, 1.82) is 0 Å². The first-order chi connectivity index (χ1) is 14.2. The molecule has 0 N–H and O–H groups in total. The van der Waals surface area contributed by atoms with Gasteiger partial charge in [-0.2, -0.15) is 0 Å². The SMILES string of the molecule is Cc1cc2ccccc2c(=O)n1-c1ccc(OC2CCN(C3CCC3)CC2)cc1. The molecule has 3 aromatic rings. The molecule has 0 amide bonds. The fourth-order valence-corrected chi connectivity index (χ4v) is 4.69. The molecule has 1 aromatic heterocycles. The topological polar surface area (TPSA) is 34.5 Å². The van der Waals surface area contributed by atoms with E-state index in [1.165, 1.54) is 19.3 Å². The first-order valence-corrected chi connectivity index (χ1v) is 10.8. The fourth-order valence-electron chi connectivity index (χ4n) is 4.69. The number of nitrogens with zero attached hydrogens (tertiary/aromatic N) is 2. The third kappa shape index (κ3) is 3.58. The fraction of sp³-hybridized carbons (Fsp3) is 0.400. The molecule has 1 aliphatic carbocycles. The van der Waals surface area contributed by atoms with Crippen molar-refractivity contribution in [2.24, 2.45) is 0 Å². The summed E-state index contributed by atoms with van der Waals surface area (Å²) in [4.78, 5) is 15.6. The summed E-state index contributed by atoms with van der Waals surface area (Å²) in [6, 6.07) is 18.6. The van der Waals surface area contributed by atoms with Gasteiger partial charge in [-0.15, -0.1) is 0 Å². The van der Waals surface area contributed by atoms with Gasteiger partial charge in [0, 0.05) is 35.9 Å². The highest BCUT2D eigenvalue weighted by molar-refractivity contribution is 5.82. The first-order valence-electron chi connectivity index (χ1n) is 10.8. The maximum Gasteiger partial charge on any atom is 0.263 e. The third-order valence-corrected chi connectivity index (χ3v) is 6.58. The van der Waals surface area contributed by atoms with Crippen LogP contribution in [-0.4, -0.2) is 34.7 Å². The Balaban J connectivity index is 1.31. The lowest BCUT2D eigenvalue weighted by Crippen LogP contribution is -2.46. The van der Waals surface area contributed by atoms with Gasteiger partial charge in [-0.1, -0.05) is 24.6 Å². The van der Waals surface area contributed by atoms with Gasteiger partial charge in [0.2, 0.25) is 0 Å². The molecule has 0 unspecified atom stereocenters. The van der Waals surface area contributed by atoms with E-state index in [2.05, 4.69) is 11.0 Å². The molecule has 0 spiro atoms. The van der Waals surface area contributed by atoms with Crippen LogP contribution >= 0.6 is 0 Å². The summed E-state index contributed by atoms with van der Waals surface area (Å²) in [6.45, 7) is 4.28. The number of fused-ring (bicyclic) bond motifs is 1. The van der Waals surface area contributed by atoms with E-state index in [1.54, 1.807) is 4.57 Å². The van der Waals surface area contributed by atoms with Crippen LogP contribution in [0.3, 0.4) is 0 Å². The van der Waals surface area contributed by atoms with Crippen molar-refractivity contribution in [2.75, 3.05) is 13.1 Å². The average Bonchev–Trinajstić information content (AvgIpc) is 2.69. The van der Waals surface area contributed by atoms with Gasteiger partial charge in [0.05, 0.1) is 0 Å². The molecule has 1 saturated heterocycles. The number of benzene rings is 2. The standard InChI is InChI=1S/C25H28N2O2/c1-18-17-19-5-2-3-8-24(19)25(28)27(18)21-9-11-22(12-10-21)29-23-13-15-26(16-14-23)20-6-4-7-20/h2-3,5,8-12,17,20,23H,4,6-7,13-16H2,1H3. The minimum Gasteiger partial charge on any atom is -0.490 e. The van der Waals surface area contributed by atoms with Gasteiger partial charge in [-0.05, 0) is 74.4 Å². The number of aromatic nitrogens is 1. The second-order valence-corrected chi connectivity index (χ2v) is 8.45.